The monoisotopic (exact) mass is 218 g/mol. The maximum Gasteiger partial charge on any atom is 0.181 e. The summed E-state index contributed by atoms with van der Waals surface area (Å²) in [5.74, 6) is 0. The fraction of sp³-hybridized carbons (Fsp3) is 0.133. The maximum absolute atomic E-state index is 9.37. The fourth-order valence-electron chi connectivity index (χ4n) is 3.22. The van der Waals surface area contributed by atoms with Crippen molar-refractivity contribution in [2.75, 3.05) is 0 Å². The molecule has 0 aromatic heterocycles. The lowest BCUT2D eigenvalue weighted by atomic mass is 9.86. The molecule has 80 valence electrons. The van der Waals surface area contributed by atoms with Crippen molar-refractivity contribution in [3.63, 3.8) is 0 Å². The minimum absolute atomic E-state index is 0.136. The first-order chi connectivity index (χ1) is 8.42. The summed E-state index contributed by atoms with van der Waals surface area (Å²) in [7, 11) is 0. The van der Waals surface area contributed by atoms with E-state index in [-0.39, 0.29) is 12.1 Å². The second-order valence-corrected chi connectivity index (χ2v) is 4.57. The van der Waals surface area contributed by atoms with Crippen LogP contribution in [0.2, 0.25) is 0 Å². The van der Waals surface area contributed by atoms with Gasteiger partial charge in [0.15, 0.2) is 6.19 Å². The predicted molar refractivity (Wildman–Crippen MR) is 64.0 cm³/mol. The van der Waals surface area contributed by atoms with Crippen molar-refractivity contribution in [2.24, 2.45) is 0 Å². The molecular formula is C15H10N2. The third-order valence-electron chi connectivity index (χ3n) is 3.84. The van der Waals surface area contributed by atoms with Gasteiger partial charge in [-0.15, -0.1) is 0 Å². The van der Waals surface area contributed by atoms with E-state index >= 15 is 0 Å². The zero-order valence-corrected chi connectivity index (χ0v) is 9.17. The van der Waals surface area contributed by atoms with Crippen LogP contribution >= 0.6 is 0 Å². The Bertz CT molecular complexity index is 556. The number of fused-ring (bicyclic) bond motifs is 8. The summed E-state index contributed by atoms with van der Waals surface area (Å²) in [6.45, 7) is 0. The van der Waals surface area contributed by atoms with Gasteiger partial charge in [-0.25, -0.2) is 0 Å². The number of benzene rings is 2. The van der Waals surface area contributed by atoms with Crippen molar-refractivity contribution >= 4 is 0 Å². The lowest BCUT2D eigenvalue weighted by Crippen LogP contribution is -2.13. The second-order valence-electron chi connectivity index (χ2n) is 4.57. The summed E-state index contributed by atoms with van der Waals surface area (Å²) in [4.78, 5) is 1.91. The minimum Gasteiger partial charge on any atom is -0.287 e. The van der Waals surface area contributed by atoms with Crippen LogP contribution in [0, 0.1) is 11.5 Å². The van der Waals surface area contributed by atoms with Crippen molar-refractivity contribution < 1.29 is 0 Å². The molecule has 0 radical (unpaired) electrons. The quantitative estimate of drug-likeness (QED) is 0.635. The van der Waals surface area contributed by atoms with Crippen molar-refractivity contribution in [3.8, 4) is 6.19 Å². The fourth-order valence-corrected chi connectivity index (χ4v) is 3.22. The van der Waals surface area contributed by atoms with E-state index in [1.165, 1.54) is 22.3 Å². The molecule has 0 atom stereocenters. The average Bonchev–Trinajstić information content (AvgIpc) is 2.90. The molecule has 0 unspecified atom stereocenters. The highest BCUT2D eigenvalue weighted by Gasteiger charge is 2.47. The summed E-state index contributed by atoms with van der Waals surface area (Å²) >= 11 is 0. The summed E-state index contributed by atoms with van der Waals surface area (Å²) in [5, 5.41) is 9.37. The van der Waals surface area contributed by atoms with Crippen molar-refractivity contribution in [1.29, 1.82) is 5.26 Å². The lowest BCUT2D eigenvalue weighted by molar-refractivity contribution is 0.355. The van der Waals surface area contributed by atoms with Gasteiger partial charge in [0.1, 0.15) is 0 Å². The summed E-state index contributed by atoms with van der Waals surface area (Å²) in [5.41, 5.74) is 5.16. The minimum atomic E-state index is 0.136. The molecule has 0 saturated heterocycles. The van der Waals surface area contributed by atoms with E-state index in [0.29, 0.717) is 0 Å². The Morgan fingerprint density at radius 2 is 1.12 bits per heavy atom. The van der Waals surface area contributed by atoms with Crippen molar-refractivity contribution in [1.82, 2.24) is 4.90 Å². The SMILES string of the molecule is N#CN1C2c3ccccc3C1c1ccccc12. The van der Waals surface area contributed by atoms with Gasteiger partial charge in [0.05, 0.1) is 12.1 Å². The topological polar surface area (TPSA) is 27.0 Å². The Kier molecular flexibility index (Phi) is 1.50. The molecule has 2 aromatic rings. The van der Waals surface area contributed by atoms with Crippen LogP contribution in [0.15, 0.2) is 48.5 Å². The van der Waals surface area contributed by atoms with Crippen LogP contribution in [0.1, 0.15) is 34.3 Å². The molecule has 2 heterocycles. The van der Waals surface area contributed by atoms with Crippen LogP contribution in [0.5, 0.6) is 0 Å². The van der Waals surface area contributed by atoms with Gasteiger partial charge >= 0.3 is 0 Å². The van der Waals surface area contributed by atoms with E-state index in [0.717, 1.165) is 0 Å². The van der Waals surface area contributed by atoms with Crippen LogP contribution < -0.4 is 0 Å². The number of hydrogen-bond donors (Lipinski definition) is 0. The smallest absolute Gasteiger partial charge is 0.181 e. The highest BCUT2D eigenvalue weighted by atomic mass is 15.2. The Labute approximate surface area is 99.7 Å². The molecule has 2 bridgehead atoms. The van der Waals surface area contributed by atoms with Crippen molar-refractivity contribution in [2.45, 2.75) is 12.1 Å². The van der Waals surface area contributed by atoms with Gasteiger partial charge in [-0.05, 0) is 22.3 Å². The van der Waals surface area contributed by atoms with Gasteiger partial charge < -0.3 is 0 Å². The van der Waals surface area contributed by atoms with Gasteiger partial charge in [0, 0.05) is 0 Å². The highest BCUT2D eigenvalue weighted by molar-refractivity contribution is 5.57. The van der Waals surface area contributed by atoms with Crippen LogP contribution in [0.25, 0.3) is 0 Å². The molecule has 0 fully saturated rings. The Hall–Kier alpha value is -2.27. The summed E-state index contributed by atoms with van der Waals surface area (Å²) < 4.78 is 0. The molecule has 17 heavy (non-hydrogen) atoms. The van der Waals surface area contributed by atoms with Gasteiger partial charge in [-0.1, -0.05) is 48.5 Å². The number of nitriles is 1. The van der Waals surface area contributed by atoms with Crippen LogP contribution in [0.3, 0.4) is 0 Å². The largest absolute Gasteiger partial charge is 0.287 e. The number of nitrogens with zero attached hydrogens (tertiary/aromatic N) is 2. The number of hydrogen-bond acceptors (Lipinski definition) is 2. The van der Waals surface area contributed by atoms with E-state index in [4.69, 9.17) is 0 Å². The Morgan fingerprint density at radius 3 is 1.41 bits per heavy atom. The zero-order valence-electron chi connectivity index (χ0n) is 9.17. The molecule has 2 nitrogen and oxygen atoms in total. The molecule has 2 aliphatic rings. The molecular weight excluding hydrogens is 208 g/mol. The Morgan fingerprint density at radius 1 is 0.765 bits per heavy atom. The average molecular weight is 218 g/mol. The first kappa shape index (κ1) is 8.83. The van der Waals surface area contributed by atoms with Gasteiger partial charge in [0.2, 0.25) is 0 Å². The van der Waals surface area contributed by atoms with E-state index in [1.54, 1.807) is 0 Å². The Balaban J connectivity index is 2.05. The van der Waals surface area contributed by atoms with Crippen LogP contribution in [-0.2, 0) is 0 Å². The molecule has 0 N–H and O–H groups in total. The van der Waals surface area contributed by atoms with E-state index in [1.807, 2.05) is 4.90 Å². The van der Waals surface area contributed by atoms with Crippen molar-refractivity contribution in [3.05, 3.63) is 70.8 Å². The molecule has 0 amide bonds. The predicted octanol–water partition coefficient (Wildman–Crippen LogP) is 2.98. The van der Waals surface area contributed by atoms with Gasteiger partial charge in [-0.2, -0.15) is 5.26 Å². The number of rotatable bonds is 0. The molecule has 2 heteroatoms. The molecule has 0 aliphatic carbocycles. The first-order valence-electron chi connectivity index (χ1n) is 5.77. The molecule has 0 saturated carbocycles. The van der Waals surface area contributed by atoms with Gasteiger partial charge in [0.25, 0.3) is 0 Å². The second kappa shape index (κ2) is 2.89. The van der Waals surface area contributed by atoms with E-state index in [2.05, 4.69) is 54.7 Å². The third kappa shape index (κ3) is 0.903. The van der Waals surface area contributed by atoms with Crippen LogP contribution in [0.4, 0.5) is 0 Å². The molecule has 4 rings (SSSR count). The van der Waals surface area contributed by atoms with Gasteiger partial charge in [-0.3, -0.25) is 4.90 Å². The van der Waals surface area contributed by atoms with E-state index in [9.17, 15) is 5.26 Å². The summed E-state index contributed by atoms with van der Waals surface area (Å²) in [6, 6.07) is 17.0. The standard InChI is InChI=1S/C15H10N2/c16-9-17-14-10-5-1-2-6-11(10)15(17)13-8-4-3-7-12(13)14/h1-8,14-15H. The highest BCUT2D eigenvalue weighted by Crippen LogP contribution is 2.55. The molecule has 2 aliphatic heterocycles. The molecule has 2 aromatic carbocycles. The van der Waals surface area contributed by atoms with Crippen LogP contribution in [-0.4, -0.2) is 4.90 Å². The maximum atomic E-state index is 9.37. The van der Waals surface area contributed by atoms with E-state index < -0.39 is 0 Å². The normalized spacial score (nSPS) is 23.1. The first-order valence-corrected chi connectivity index (χ1v) is 5.77. The molecule has 0 spiro atoms. The summed E-state index contributed by atoms with van der Waals surface area (Å²) in [6.07, 6.45) is 2.35. The third-order valence-corrected chi connectivity index (χ3v) is 3.84. The zero-order chi connectivity index (χ0) is 11.4. The lowest BCUT2D eigenvalue weighted by Gasteiger charge is -2.15.